The molecule has 13 heteroatoms. The molecule has 0 fully saturated rings. The average molecular weight is 615 g/mol. The molecule has 0 bridgehead atoms. The molecule has 12 nitrogen and oxygen atoms in total. The van der Waals surface area contributed by atoms with Crippen LogP contribution >= 0.6 is 0 Å². The molecule has 0 aliphatic heterocycles. The van der Waals surface area contributed by atoms with Crippen LogP contribution in [0.4, 0.5) is 0 Å². The van der Waals surface area contributed by atoms with E-state index in [1.807, 2.05) is 0 Å². The molecular formula is C28H54O12S. The maximum Gasteiger partial charge on any atom is 0.369 e. The van der Waals surface area contributed by atoms with Gasteiger partial charge in [-0.05, 0) is 41.0 Å². The van der Waals surface area contributed by atoms with Crippen LogP contribution in [0.1, 0.15) is 119 Å². The number of hydrogen-bond donors (Lipinski definition) is 2. The highest BCUT2D eigenvalue weighted by Crippen LogP contribution is 2.41. The van der Waals surface area contributed by atoms with Crippen LogP contribution in [-0.2, 0) is 47.6 Å². The van der Waals surface area contributed by atoms with Crippen molar-refractivity contribution in [2.75, 3.05) is 33.0 Å². The first kappa shape index (κ1) is 39.6. The van der Waals surface area contributed by atoms with E-state index in [0.717, 1.165) is 25.7 Å². The molecule has 1 unspecified atom stereocenters. The first-order chi connectivity index (χ1) is 19.5. The molecule has 0 aromatic rings. The summed E-state index contributed by atoms with van der Waals surface area (Å²) in [5, 5.41) is 20.4. The first-order valence-corrected chi connectivity index (χ1v) is 16.5. The second-order valence-corrected chi connectivity index (χ2v) is 11.2. The summed E-state index contributed by atoms with van der Waals surface area (Å²) in [7, 11) is -5.56. The molecule has 0 aromatic carbocycles. The number of carboxylic acids is 2. The second-order valence-electron chi connectivity index (χ2n) is 9.51. The van der Waals surface area contributed by atoms with Crippen molar-refractivity contribution in [2.45, 2.75) is 135 Å². The van der Waals surface area contributed by atoms with Gasteiger partial charge in [0.15, 0.2) is 0 Å². The standard InChI is InChI=1S/C28H54O12S/c1-7-13-14-15-16-17-18-19-20-21-22-23-26(35-8-2,36-9-3)40-41(33,34)28(25(31)32,39-12-6)27(24(29)30,37-10-4)38-11-5/h7-23H2,1-6H3,(H,29,30)(H,31,32). The minimum atomic E-state index is -5.56. The maximum absolute atomic E-state index is 13.9. The van der Waals surface area contributed by atoms with Crippen molar-refractivity contribution >= 4 is 22.1 Å². The van der Waals surface area contributed by atoms with Crippen LogP contribution in [0.5, 0.6) is 0 Å². The largest absolute Gasteiger partial charge is 0.478 e. The molecule has 0 aliphatic rings. The van der Waals surface area contributed by atoms with E-state index in [2.05, 4.69) is 6.92 Å². The molecule has 0 saturated heterocycles. The number of ether oxygens (including phenoxy) is 5. The Kier molecular flexibility index (Phi) is 19.9. The van der Waals surface area contributed by atoms with Gasteiger partial charge in [0, 0.05) is 39.5 Å². The van der Waals surface area contributed by atoms with E-state index in [0.29, 0.717) is 6.42 Å². The summed E-state index contributed by atoms with van der Waals surface area (Å²) in [4.78, 5) is 21.6. The zero-order valence-electron chi connectivity index (χ0n) is 25.9. The Morgan fingerprint density at radius 1 is 0.561 bits per heavy atom. The third-order valence-corrected chi connectivity index (χ3v) is 8.18. The molecule has 0 radical (unpaired) electrons. The summed E-state index contributed by atoms with van der Waals surface area (Å²) in [6.07, 6.45) is 11.6. The highest BCUT2D eigenvalue weighted by atomic mass is 32.2. The zero-order chi connectivity index (χ0) is 31.4. The number of carboxylic acid groups (broad SMARTS) is 2. The van der Waals surface area contributed by atoms with Crippen LogP contribution in [0.3, 0.4) is 0 Å². The summed E-state index contributed by atoms with van der Waals surface area (Å²) in [5.41, 5.74) is 0. The van der Waals surface area contributed by atoms with E-state index < -0.39 is 58.6 Å². The fourth-order valence-electron chi connectivity index (χ4n) is 4.69. The predicted octanol–water partition coefficient (Wildman–Crippen LogP) is 5.43. The maximum atomic E-state index is 13.9. The van der Waals surface area contributed by atoms with Gasteiger partial charge >= 0.3 is 32.8 Å². The highest BCUT2D eigenvalue weighted by Gasteiger charge is 2.76. The number of rotatable bonds is 28. The van der Waals surface area contributed by atoms with Crippen molar-refractivity contribution in [1.82, 2.24) is 0 Å². The van der Waals surface area contributed by atoms with Crippen molar-refractivity contribution in [3.63, 3.8) is 0 Å². The first-order valence-electron chi connectivity index (χ1n) is 15.1. The van der Waals surface area contributed by atoms with E-state index in [4.69, 9.17) is 27.9 Å². The average Bonchev–Trinajstić information content (AvgIpc) is 2.89. The van der Waals surface area contributed by atoms with Crippen LogP contribution in [0.25, 0.3) is 0 Å². The Morgan fingerprint density at radius 3 is 1.29 bits per heavy atom. The monoisotopic (exact) mass is 614 g/mol. The van der Waals surface area contributed by atoms with Gasteiger partial charge in [0.05, 0.1) is 0 Å². The molecule has 0 amide bonds. The lowest BCUT2D eigenvalue weighted by atomic mass is 10.0. The van der Waals surface area contributed by atoms with Crippen molar-refractivity contribution < 1.29 is 56.1 Å². The van der Waals surface area contributed by atoms with Crippen LogP contribution < -0.4 is 0 Å². The second kappa shape index (κ2) is 20.5. The van der Waals surface area contributed by atoms with Crippen LogP contribution in [0.15, 0.2) is 0 Å². The Labute approximate surface area is 246 Å². The quantitative estimate of drug-likeness (QED) is 0.0653. The molecule has 2 N–H and O–H groups in total. The van der Waals surface area contributed by atoms with E-state index >= 15 is 0 Å². The molecule has 244 valence electrons. The molecule has 0 aromatic heterocycles. The highest BCUT2D eigenvalue weighted by molar-refractivity contribution is 7.89. The normalized spacial score (nSPS) is 14.2. The number of hydrogen-bond acceptors (Lipinski definition) is 10. The lowest BCUT2D eigenvalue weighted by Crippen LogP contribution is -2.72. The van der Waals surface area contributed by atoms with Crippen molar-refractivity contribution in [1.29, 1.82) is 0 Å². The van der Waals surface area contributed by atoms with Gasteiger partial charge in [-0.25, -0.2) is 13.8 Å². The third kappa shape index (κ3) is 11.0. The molecule has 1 atom stereocenters. The van der Waals surface area contributed by atoms with Gasteiger partial charge in [-0.2, -0.15) is 8.42 Å². The molecule has 41 heavy (non-hydrogen) atoms. The zero-order valence-corrected chi connectivity index (χ0v) is 26.7. The lowest BCUT2D eigenvalue weighted by molar-refractivity contribution is -0.347. The SMILES string of the molecule is CCCCCCCCCCCCCC(OCC)(OCC)OS(=O)(=O)C(OCC)(C(=O)O)C(OCC)(OCC)C(=O)O. The van der Waals surface area contributed by atoms with E-state index in [9.17, 15) is 28.2 Å². The summed E-state index contributed by atoms with van der Waals surface area (Å²) < 4.78 is 60.3. The molecule has 0 aliphatic carbocycles. The van der Waals surface area contributed by atoms with Gasteiger partial charge in [0.2, 0.25) is 0 Å². The van der Waals surface area contributed by atoms with E-state index in [-0.39, 0.29) is 19.6 Å². The van der Waals surface area contributed by atoms with Crippen molar-refractivity contribution in [3.05, 3.63) is 0 Å². The Balaban J connectivity index is 6.05. The van der Waals surface area contributed by atoms with Crippen LogP contribution in [0, 0.1) is 0 Å². The van der Waals surface area contributed by atoms with Gasteiger partial charge in [-0.3, -0.25) is 0 Å². The molecule has 0 rings (SSSR count). The topological polar surface area (TPSA) is 164 Å². The Morgan fingerprint density at radius 2 is 0.951 bits per heavy atom. The van der Waals surface area contributed by atoms with Gasteiger partial charge in [-0.1, -0.05) is 71.1 Å². The van der Waals surface area contributed by atoms with Gasteiger partial charge in [0.25, 0.3) is 5.97 Å². The summed E-state index contributed by atoms with van der Waals surface area (Å²) in [6, 6.07) is 0. The van der Waals surface area contributed by atoms with Gasteiger partial charge in [0.1, 0.15) is 0 Å². The van der Waals surface area contributed by atoms with Gasteiger partial charge < -0.3 is 33.9 Å². The fraction of sp³-hybridized carbons (Fsp3) is 0.929. The molecule has 0 heterocycles. The number of aliphatic carboxylic acids is 2. The van der Waals surface area contributed by atoms with Crippen LogP contribution in [0.2, 0.25) is 0 Å². The molecule has 0 spiro atoms. The molecule has 0 saturated carbocycles. The minimum absolute atomic E-state index is 0.0384. The predicted molar refractivity (Wildman–Crippen MR) is 153 cm³/mol. The minimum Gasteiger partial charge on any atom is -0.478 e. The third-order valence-electron chi connectivity index (χ3n) is 6.44. The summed E-state index contributed by atoms with van der Waals surface area (Å²) in [5.74, 6) is -9.74. The number of carbonyl (C=O) groups is 2. The Hall–Kier alpha value is -1.35. The molecular weight excluding hydrogens is 560 g/mol. The summed E-state index contributed by atoms with van der Waals surface area (Å²) in [6.45, 7) is 7.99. The smallest absolute Gasteiger partial charge is 0.369 e. The van der Waals surface area contributed by atoms with Crippen molar-refractivity contribution in [2.24, 2.45) is 0 Å². The van der Waals surface area contributed by atoms with E-state index in [1.54, 1.807) is 13.8 Å². The summed E-state index contributed by atoms with van der Waals surface area (Å²) >= 11 is 0. The van der Waals surface area contributed by atoms with Gasteiger partial charge in [-0.15, -0.1) is 0 Å². The fourth-order valence-corrected chi connectivity index (χ4v) is 6.34. The van der Waals surface area contributed by atoms with Crippen LogP contribution in [-0.4, -0.2) is 80.3 Å². The lowest BCUT2D eigenvalue weighted by Gasteiger charge is -2.43. The number of unbranched alkanes of at least 4 members (excludes halogenated alkanes) is 10. The van der Waals surface area contributed by atoms with E-state index in [1.165, 1.54) is 59.3 Å². The Bertz CT molecular complexity index is 820. The van der Waals surface area contributed by atoms with Crippen molar-refractivity contribution in [3.8, 4) is 0 Å².